The molecule has 1 saturated carbocycles. The molecule has 4 rings (SSSR count). The number of nitrogens with one attached hydrogen (secondary N) is 1. The number of benzene rings is 2. The van der Waals surface area contributed by atoms with Gasteiger partial charge in [-0.2, -0.15) is 0 Å². The first-order valence-corrected chi connectivity index (χ1v) is 10.1. The van der Waals surface area contributed by atoms with Crippen LogP contribution in [0.3, 0.4) is 0 Å². The second kappa shape index (κ2) is 7.54. The topological polar surface area (TPSA) is 21.3 Å². The predicted octanol–water partition coefficient (Wildman–Crippen LogP) is 4.94. The van der Waals surface area contributed by atoms with Crippen molar-refractivity contribution >= 4 is 0 Å². The van der Waals surface area contributed by atoms with Crippen molar-refractivity contribution in [1.82, 2.24) is 5.32 Å². The fourth-order valence-corrected chi connectivity index (χ4v) is 5.05. The Kier molecular flexibility index (Phi) is 5.15. The second-order valence-corrected chi connectivity index (χ2v) is 8.55. The van der Waals surface area contributed by atoms with E-state index >= 15 is 0 Å². The highest BCUT2D eigenvalue weighted by Gasteiger charge is 2.52. The molecule has 2 aliphatic rings. The molecular weight excluding hydrogens is 318 g/mol. The second-order valence-electron chi connectivity index (χ2n) is 8.55. The first-order valence-electron chi connectivity index (χ1n) is 10.1. The molecule has 2 aromatic rings. The minimum Gasteiger partial charge on any atom is -0.377 e. The van der Waals surface area contributed by atoms with Crippen LogP contribution in [0.5, 0.6) is 0 Å². The van der Waals surface area contributed by atoms with Crippen LogP contribution in [0.15, 0.2) is 60.7 Å². The van der Waals surface area contributed by atoms with Gasteiger partial charge in [0, 0.05) is 18.0 Å². The number of hydrogen-bond donors (Lipinski definition) is 1. The average Bonchev–Trinajstić information content (AvgIpc) is 3.07. The van der Waals surface area contributed by atoms with Crippen LogP contribution in [-0.4, -0.2) is 18.8 Å². The van der Waals surface area contributed by atoms with Crippen LogP contribution in [0.1, 0.15) is 44.2 Å². The third-order valence-corrected chi connectivity index (χ3v) is 6.56. The lowest BCUT2D eigenvalue weighted by atomic mass is 9.68. The van der Waals surface area contributed by atoms with Gasteiger partial charge in [0.15, 0.2) is 0 Å². The third kappa shape index (κ3) is 3.45. The molecule has 2 heteroatoms. The monoisotopic (exact) mass is 349 g/mol. The van der Waals surface area contributed by atoms with E-state index in [1.807, 2.05) is 0 Å². The maximum Gasteiger partial charge on any atom is 0.0601 e. The summed E-state index contributed by atoms with van der Waals surface area (Å²) in [6.45, 7) is 6.41. The van der Waals surface area contributed by atoms with Crippen molar-refractivity contribution in [1.29, 1.82) is 0 Å². The Balaban J connectivity index is 1.52. The summed E-state index contributed by atoms with van der Waals surface area (Å²) >= 11 is 0. The molecule has 2 nitrogen and oxygen atoms in total. The van der Waals surface area contributed by atoms with E-state index in [1.54, 1.807) is 0 Å². The SMILES string of the molecule is CC(C)[C@@H]1C[C@@H]2C[C@@H](NCc3ccccc3)C[C@]2(c2ccccc2)CO1. The summed E-state index contributed by atoms with van der Waals surface area (Å²) < 4.78 is 6.39. The quantitative estimate of drug-likeness (QED) is 0.826. The van der Waals surface area contributed by atoms with Gasteiger partial charge in [-0.3, -0.25) is 0 Å². The van der Waals surface area contributed by atoms with Crippen molar-refractivity contribution in [3.05, 3.63) is 71.8 Å². The highest BCUT2D eigenvalue weighted by molar-refractivity contribution is 5.30. The summed E-state index contributed by atoms with van der Waals surface area (Å²) in [5.41, 5.74) is 3.02. The molecule has 2 fully saturated rings. The van der Waals surface area contributed by atoms with Crippen molar-refractivity contribution in [2.45, 2.75) is 57.2 Å². The van der Waals surface area contributed by atoms with Crippen molar-refractivity contribution < 1.29 is 4.74 Å². The van der Waals surface area contributed by atoms with E-state index in [-0.39, 0.29) is 5.41 Å². The van der Waals surface area contributed by atoms with E-state index in [0.29, 0.717) is 24.0 Å². The lowest BCUT2D eigenvalue weighted by molar-refractivity contribution is -0.0734. The van der Waals surface area contributed by atoms with E-state index in [9.17, 15) is 0 Å². The number of fused-ring (bicyclic) bond motifs is 1. The average molecular weight is 350 g/mol. The molecule has 138 valence electrons. The summed E-state index contributed by atoms with van der Waals surface area (Å²) in [6.07, 6.45) is 4.04. The summed E-state index contributed by atoms with van der Waals surface area (Å²) in [5, 5.41) is 3.84. The fourth-order valence-electron chi connectivity index (χ4n) is 5.05. The summed E-state index contributed by atoms with van der Waals surface area (Å²) in [5.74, 6) is 1.31. The molecule has 1 aliphatic heterocycles. The number of ether oxygens (including phenoxy) is 1. The van der Waals surface area contributed by atoms with Gasteiger partial charge in [0.2, 0.25) is 0 Å². The minimum absolute atomic E-state index is 0.182. The Morgan fingerprint density at radius 2 is 1.69 bits per heavy atom. The molecule has 1 N–H and O–H groups in total. The molecule has 1 heterocycles. The van der Waals surface area contributed by atoms with Crippen LogP contribution in [0.25, 0.3) is 0 Å². The van der Waals surface area contributed by atoms with Crippen molar-refractivity contribution in [2.75, 3.05) is 6.61 Å². The van der Waals surface area contributed by atoms with E-state index in [1.165, 1.54) is 30.4 Å². The molecule has 1 aliphatic carbocycles. The predicted molar refractivity (Wildman–Crippen MR) is 107 cm³/mol. The largest absolute Gasteiger partial charge is 0.377 e. The molecule has 0 radical (unpaired) electrons. The van der Waals surface area contributed by atoms with E-state index < -0.39 is 0 Å². The molecule has 0 unspecified atom stereocenters. The first-order chi connectivity index (χ1) is 12.7. The smallest absolute Gasteiger partial charge is 0.0601 e. The summed E-state index contributed by atoms with van der Waals surface area (Å²) in [4.78, 5) is 0. The highest BCUT2D eigenvalue weighted by Crippen LogP contribution is 2.51. The van der Waals surface area contributed by atoms with Gasteiger partial charge >= 0.3 is 0 Å². The Labute approximate surface area is 158 Å². The van der Waals surface area contributed by atoms with Gasteiger partial charge in [-0.15, -0.1) is 0 Å². The Morgan fingerprint density at radius 1 is 1.00 bits per heavy atom. The molecular formula is C24H31NO. The lowest BCUT2D eigenvalue weighted by Crippen LogP contribution is -2.45. The van der Waals surface area contributed by atoms with Gasteiger partial charge in [0.1, 0.15) is 0 Å². The molecule has 0 amide bonds. The zero-order valence-corrected chi connectivity index (χ0v) is 16.0. The first kappa shape index (κ1) is 17.8. The van der Waals surface area contributed by atoms with E-state index in [4.69, 9.17) is 4.74 Å². The van der Waals surface area contributed by atoms with Gasteiger partial charge in [-0.1, -0.05) is 74.5 Å². The van der Waals surface area contributed by atoms with Gasteiger partial charge in [0.25, 0.3) is 0 Å². The zero-order chi connectivity index (χ0) is 18.0. The minimum atomic E-state index is 0.182. The Bertz CT molecular complexity index is 699. The van der Waals surface area contributed by atoms with Gasteiger partial charge < -0.3 is 10.1 Å². The van der Waals surface area contributed by atoms with Crippen molar-refractivity contribution in [3.8, 4) is 0 Å². The van der Waals surface area contributed by atoms with Crippen LogP contribution < -0.4 is 5.32 Å². The molecule has 0 spiro atoms. The maximum atomic E-state index is 6.39. The van der Waals surface area contributed by atoms with Crippen molar-refractivity contribution in [3.63, 3.8) is 0 Å². The lowest BCUT2D eigenvalue weighted by Gasteiger charge is -2.44. The number of rotatable bonds is 5. The molecule has 2 aromatic carbocycles. The molecule has 0 bridgehead atoms. The summed E-state index contributed by atoms with van der Waals surface area (Å²) in [6, 6.07) is 22.4. The van der Waals surface area contributed by atoms with Crippen LogP contribution >= 0.6 is 0 Å². The van der Waals surface area contributed by atoms with Crippen molar-refractivity contribution in [2.24, 2.45) is 11.8 Å². The third-order valence-electron chi connectivity index (χ3n) is 6.56. The van der Waals surface area contributed by atoms with Gasteiger partial charge in [-0.05, 0) is 42.2 Å². The van der Waals surface area contributed by atoms with E-state index in [0.717, 1.165) is 13.2 Å². The molecule has 4 atom stereocenters. The maximum absolute atomic E-state index is 6.39. The standard InChI is InChI=1S/C24H31NO/c1-18(2)23-14-21-13-22(25-16-19-9-5-3-6-10-19)15-24(21,17-26-23)20-11-7-4-8-12-20/h3-12,18,21-23,25H,13-17H2,1-2H3/t21-,22+,23-,24+/m0/s1. The fraction of sp³-hybridized carbons (Fsp3) is 0.500. The molecule has 26 heavy (non-hydrogen) atoms. The number of hydrogen-bond acceptors (Lipinski definition) is 2. The van der Waals surface area contributed by atoms with Crippen LogP contribution in [0.4, 0.5) is 0 Å². The van der Waals surface area contributed by atoms with Crippen LogP contribution in [0.2, 0.25) is 0 Å². The summed E-state index contributed by atoms with van der Waals surface area (Å²) in [7, 11) is 0. The van der Waals surface area contributed by atoms with Gasteiger partial charge in [-0.25, -0.2) is 0 Å². The Hall–Kier alpha value is -1.64. The van der Waals surface area contributed by atoms with Gasteiger partial charge in [0.05, 0.1) is 12.7 Å². The van der Waals surface area contributed by atoms with Crippen LogP contribution in [-0.2, 0) is 16.7 Å². The Morgan fingerprint density at radius 3 is 2.38 bits per heavy atom. The normalized spacial score (nSPS) is 31.1. The molecule has 1 saturated heterocycles. The highest BCUT2D eigenvalue weighted by atomic mass is 16.5. The zero-order valence-electron chi connectivity index (χ0n) is 16.0. The van der Waals surface area contributed by atoms with E-state index in [2.05, 4.69) is 79.8 Å². The molecule has 0 aromatic heterocycles. The van der Waals surface area contributed by atoms with Crippen LogP contribution in [0, 0.1) is 11.8 Å².